The zero-order valence-corrected chi connectivity index (χ0v) is 13.8. The second-order valence-electron chi connectivity index (χ2n) is 6.78. The van der Waals surface area contributed by atoms with Crippen LogP contribution in [0.2, 0.25) is 0 Å². The normalized spacial score (nSPS) is 23.0. The number of benzene rings is 1. The van der Waals surface area contributed by atoms with Crippen LogP contribution < -0.4 is 5.32 Å². The first-order valence-electron chi connectivity index (χ1n) is 8.80. The molecule has 4 nitrogen and oxygen atoms in total. The van der Waals surface area contributed by atoms with Crippen molar-refractivity contribution in [3.05, 3.63) is 35.9 Å². The third kappa shape index (κ3) is 4.33. The van der Waals surface area contributed by atoms with Crippen molar-refractivity contribution in [3.8, 4) is 0 Å². The molecule has 1 aliphatic heterocycles. The van der Waals surface area contributed by atoms with Gasteiger partial charge in [0.2, 0.25) is 5.91 Å². The minimum atomic E-state index is -0.0230. The Labute approximate surface area is 138 Å². The lowest BCUT2D eigenvalue weighted by Crippen LogP contribution is -2.40. The maximum Gasteiger partial charge on any atom is 0.246 e. The van der Waals surface area contributed by atoms with E-state index >= 15 is 0 Å². The van der Waals surface area contributed by atoms with Gasteiger partial charge in [-0.05, 0) is 31.2 Å². The Bertz CT molecular complexity index is 491. The zero-order valence-electron chi connectivity index (χ0n) is 13.8. The number of amides is 1. The summed E-state index contributed by atoms with van der Waals surface area (Å²) in [7, 11) is 0. The first-order valence-corrected chi connectivity index (χ1v) is 8.80. The van der Waals surface area contributed by atoms with Gasteiger partial charge in [-0.3, -0.25) is 4.79 Å². The minimum Gasteiger partial charge on any atom is -0.376 e. The van der Waals surface area contributed by atoms with Gasteiger partial charge in [0.05, 0.1) is 12.7 Å². The third-order valence-corrected chi connectivity index (χ3v) is 5.13. The van der Waals surface area contributed by atoms with Crippen LogP contribution in [0.15, 0.2) is 30.3 Å². The number of hydrogen-bond donors (Lipinski definition) is 1. The molecule has 0 radical (unpaired) electrons. The van der Waals surface area contributed by atoms with E-state index in [1.54, 1.807) is 0 Å². The second kappa shape index (κ2) is 7.93. The van der Waals surface area contributed by atoms with Crippen LogP contribution in [0.3, 0.4) is 0 Å². The summed E-state index contributed by atoms with van der Waals surface area (Å²) in [4.78, 5) is 12.1. The van der Waals surface area contributed by atoms with E-state index < -0.39 is 0 Å². The Kier molecular flexibility index (Phi) is 5.68. The Hall–Kier alpha value is -1.39. The minimum absolute atomic E-state index is 0.0230. The van der Waals surface area contributed by atoms with Gasteiger partial charge in [-0.1, -0.05) is 43.2 Å². The molecule has 1 saturated carbocycles. The quantitative estimate of drug-likeness (QED) is 0.841. The summed E-state index contributed by atoms with van der Waals surface area (Å²) < 4.78 is 11.0. The lowest BCUT2D eigenvalue weighted by Gasteiger charge is -2.30. The Morgan fingerprint density at radius 1 is 1.22 bits per heavy atom. The number of carbonyl (C=O) groups excluding carboxylic acids is 1. The molecule has 0 bridgehead atoms. The van der Waals surface area contributed by atoms with Crippen LogP contribution in [0.25, 0.3) is 0 Å². The van der Waals surface area contributed by atoms with Gasteiger partial charge < -0.3 is 14.8 Å². The molecule has 1 amide bonds. The summed E-state index contributed by atoms with van der Waals surface area (Å²) in [6.45, 7) is 2.18. The smallest absolute Gasteiger partial charge is 0.246 e. The molecule has 0 unspecified atom stereocenters. The van der Waals surface area contributed by atoms with Crippen LogP contribution in [0, 0.1) is 0 Å². The molecule has 1 heterocycles. The van der Waals surface area contributed by atoms with Crippen molar-refractivity contribution in [1.82, 2.24) is 5.32 Å². The molecule has 1 aromatic rings. The van der Waals surface area contributed by atoms with E-state index in [0.717, 1.165) is 32.3 Å². The van der Waals surface area contributed by atoms with Crippen LogP contribution in [-0.4, -0.2) is 38.4 Å². The van der Waals surface area contributed by atoms with Crippen molar-refractivity contribution < 1.29 is 14.3 Å². The highest BCUT2D eigenvalue weighted by Gasteiger charge is 2.35. The summed E-state index contributed by atoms with van der Waals surface area (Å²) in [5.74, 6) is -0.0230. The molecular formula is C19H27NO3. The largest absolute Gasteiger partial charge is 0.376 e. The van der Waals surface area contributed by atoms with Crippen LogP contribution in [0.1, 0.15) is 44.1 Å². The van der Waals surface area contributed by atoms with Crippen molar-refractivity contribution >= 4 is 5.91 Å². The zero-order chi connectivity index (χ0) is 16.0. The summed E-state index contributed by atoms with van der Waals surface area (Å²) >= 11 is 0. The molecule has 2 fully saturated rings. The predicted molar refractivity (Wildman–Crippen MR) is 89.4 cm³/mol. The second-order valence-corrected chi connectivity index (χ2v) is 6.78. The van der Waals surface area contributed by atoms with Crippen molar-refractivity contribution in [2.75, 3.05) is 26.4 Å². The van der Waals surface area contributed by atoms with E-state index in [2.05, 4.69) is 29.6 Å². The first-order chi connectivity index (χ1) is 11.3. The van der Waals surface area contributed by atoms with E-state index in [0.29, 0.717) is 13.2 Å². The van der Waals surface area contributed by atoms with Gasteiger partial charge in [0.1, 0.15) is 6.61 Å². The fourth-order valence-corrected chi connectivity index (χ4v) is 3.79. The third-order valence-electron chi connectivity index (χ3n) is 5.13. The first kappa shape index (κ1) is 16.5. The summed E-state index contributed by atoms with van der Waals surface area (Å²) in [6.07, 6.45) is 7.08. The van der Waals surface area contributed by atoms with E-state index in [9.17, 15) is 4.79 Å². The average Bonchev–Trinajstić information content (AvgIpc) is 3.26. The monoisotopic (exact) mass is 317 g/mol. The van der Waals surface area contributed by atoms with Gasteiger partial charge in [0.25, 0.3) is 0 Å². The van der Waals surface area contributed by atoms with Crippen LogP contribution in [-0.2, 0) is 19.7 Å². The Morgan fingerprint density at radius 2 is 2.00 bits per heavy atom. The number of rotatable bonds is 7. The highest BCUT2D eigenvalue weighted by atomic mass is 16.5. The molecular weight excluding hydrogens is 290 g/mol. The number of carbonyl (C=O) groups is 1. The highest BCUT2D eigenvalue weighted by molar-refractivity contribution is 5.77. The van der Waals surface area contributed by atoms with Gasteiger partial charge in [0, 0.05) is 18.6 Å². The van der Waals surface area contributed by atoms with Crippen LogP contribution in [0.5, 0.6) is 0 Å². The maximum absolute atomic E-state index is 12.1. The molecule has 1 aliphatic carbocycles. The topological polar surface area (TPSA) is 47.6 Å². The predicted octanol–water partition coefficient (Wildman–Crippen LogP) is 2.81. The highest BCUT2D eigenvalue weighted by Crippen LogP contribution is 2.40. The van der Waals surface area contributed by atoms with Crippen molar-refractivity contribution in [1.29, 1.82) is 0 Å². The molecule has 4 heteroatoms. The Morgan fingerprint density at radius 3 is 2.70 bits per heavy atom. The van der Waals surface area contributed by atoms with Crippen molar-refractivity contribution in [2.45, 2.75) is 50.0 Å². The van der Waals surface area contributed by atoms with E-state index in [4.69, 9.17) is 9.47 Å². The molecule has 3 rings (SSSR count). The van der Waals surface area contributed by atoms with Gasteiger partial charge in [-0.15, -0.1) is 0 Å². The maximum atomic E-state index is 12.1. The van der Waals surface area contributed by atoms with Gasteiger partial charge in [0.15, 0.2) is 0 Å². The summed E-state index contributed by atoms with van der Waals surface area (Å²) in [5.41, 5.74) is 1.45. The number of nitrogens with one attached hydrogen (secondary N) is 1. The fourth-order valence-electron chi connectivity index (χ4n) is 3.79. The number of ether oxygens (including phenoxy) is 2. The molecule has 0 aromatic heterocycles. The number of hydrogen-bond acceptors (Lipinski definition) is 3. The molecule has 1 atom stereocenters. The van der Waals surface area contributed by atoms with Crippen molar-refractivity contribution in [3.63, 3.8) is 0 Å². The SMILES string of the molecule is O=C(COC[C@@H]1CCCO1)NCC1(c2ccccc2)CCCC1. The lowest BCUT2D eigenvalue weighted by atomic mass is 9.79. The average molecular weight is 317 g/mol. The van der Waals surface area contributed by atoms with Gasteiger partial charge in [-0.2, -0.15) is 0 Å². The van der Waals surface area contributed by atoms with E-state index in [1.807, 2.05) is 6.07 Å². The summed E-state index contributed by atoms with van der Waals surface area (Å²) in [5, 5.41) is 3.08. The molecule has 0 spiro atoms. The van der Waals surface area contributed by atoms with Crippen molar-refractivity contribution in [2.24, 2.45) is 0 Å². The van der Waals surface area contributed by atoms with Gasteiger partial charge in [-0.25, -0.2) is 0 Å². The van der Waals surface area contributed by atoms with E-state index in [1.165, 1.54) is 18.4 Å². The summed E-state index contributed by atoms with van der Waals surface area (Å²) in [6, 6.07) is 10.6. The molecule has 126 valence electrons. The standard InChI is InChI=1S/C19H27NO3/c21-18(14-22-13-17-9-6-12-23-17)20-15-19(10-4-5-11-19)16-7-2-1-3-8-16/h1-3,7-8,17H,4-6,9-15H2,(H,20,21)/t17-/m0/s1. The molecule has 1 N–H and O–H groups in total. The molecule has 23 heavy (non-hydrogen) atoms. The molecule has 1 saturated heterocycles. The fraction of sp³-hybridized carbons (Fsp3) is 0.632. The van der Waals surface area contributed by atoms with E-state index in [-0.39, 0.29) is 24.0 Å². The van der Waals surface area contributed by atoms with Gasteiger partial charge >= 0.3 is 0 Å². The van der Waals surface area contributed by atoms with Crippen LogP contribution in [0.4, 0.5) is 0 Å². The molecule has 1 aromatic carbocycles. The Balaban J connectivity index is 1.46. The van der Waals surface area contributed by atoms with Crippen LogP contribution >= 0.6 is 0 Å². The lowest BCUT2D eigenvalue weighted by molar-refractivity contribution is -0.127. The molecule has 2 aliphatic rings.